The van der Waals surface area contributed by atoms with Gasteiger partial charge in [0.25, 0.3) is 0 Å². The maximum Gasteiger partial charge on any atom is 0.326 e. The van der Waals surface area contributed by atoms with E-state index in [1.807, 2.05) is 0 Å². The lowest BCUT2D eigenvalue weighted by Crippen LogP contribution is -2.40. The smallest absolute Gasteiger partial charge is 0.326 e. The van der Waals surface area contributed by atoms with Crippen LogP contribution in [-0.4, -0.2) is 41.6 Å². The third-order valence-corrected chi connectivity index (χ3v) is 8.83. The second-order valence-corrected chi connectivity index (χ2v) is 13.3. The molecule has 0 aromatic rings. The lowest BCUT2D eigenvalue weighted by molar-refractivity contribution is -0.150. The summed E-state index contributed by atoms with van der Waals surface area (Å²) in [5, 5.41) is 11.9. The van der Waals surface area contributed by atoms with E-state index in [0.29, 0.717) is 38.6 Å². The molecule has 1 amide bonds. The van der Waals surface area contributed by atoms with E-state index in [2.05, 4.69) is 31.3 Å². The number of aliphatic carboxylic acids is 1. The van der Waals surface area contributed by atoms with Crippen molar-refractivity contribution in [1.82, 2.24) is 5.32 Å². The number of carbonyl (C=O) groups excluding carboxylic acids is 2. The van der Waals surface area contributed by atoms with Crippen molar-refractivity contribution >= 4 is 17.8 Å². The third-order valence-electron chi connectivity index (χ3n) is 8.83. The van der Waals surface area contributed by atoms with E-state index in [1.54, 1.807) is 0 Å². The van der Waals surface area contributed by atoms with Crippen LogP contribution in [0.25, 0.3) is 0 Å². The van der Waals surface area contributed by atoms with Gasteiger partial charge in [-0.15, -0.1) is 0 Å². The number of carboxylic acids is 1. The molecule has 0 spiro atoms. The molecule has 0 fully saturated rings. The SMILES string of the molecule is CCCCCCCC/C=C\CCCCCCCCCCCC(=O)OC(CCCCC)CCCCCC(=O)NC(CCCN)C(=O)O. The molecule has 0 saturated carbocycles. The summed E-state index contributed by atoms with van der Waals surface area (Å²) in [4.78, 5) is 36.0. The van der Waals surface area contributed by atoms with Gasteiger partial charge in [0, 0.05) is 12.8 Å². The Labute approximate surface area is 283 Å². The molecule has 4 N–H and O–H groups in total. The van der Waals surface area contributed by atoms with Crippen LogP contribution in [0.15, 0.2) is 12.2 Å². The highest BCUT2D eigenvalue weighted by Crippen LogP contribution is 2.17. The fraction of sp³-hybridized carbons (Fsp3) is 0.872. The zero-order chi connectivity index (χ0) is 33.9. The van der Waals surface area contributed by atoms with Gasteiger partial charge in [-0.3, -0.25) is 9.59 Å². The van der Waals surface area contributed by atoms with Gasteiger partial charge < -0.3 is 20.9 Å². The summed E-state index contributed by atoms with van der Waals surface area (Å²) >= 11 is 0. The fourth-order valence-electron chi connectivity index (χ4n) is 5.86. The van der Waals surface area contributed by atoms with Crippen molar-refractivity contribution in [2.75, 3.05) is 6.54 Å². The van der Waals surface area contributed by atoms with Crippen molar-refractivity contribution in [2.45, 2.75) is 212 Å². The zero-order valence-electron chi connectivity index (χ0n) is 30.2. The summed E-state index contributed by atoms with van der Waals surface area (Å²) in [7, 11) is 0. The van der Waals surface area contributed by atoms with Crippen LogP contribution in [-0.2, 0) is 19.1 Å². The van der Waals surface area contributed by atoms with E-state index in [0.717, 1.165) is 57.8 Å². The van der Waals surface area contributed by atoms with Crippen LogP contribution in [0.4, 0.5) is 0 Å². The Morgan fingerprint density at radius 2 is 1.07 bits per heavy atom. The number of unbranched alkanes of at least 4 members (excludes halogenated alkanes) is 19. The number of amides is 1. The van der Waals surface area contributed by atoms with E-state index < -0.39 is 12.0 Å². The van der Waals surface area contributed by atoms with Crippen molar-refractivity contribution in [3.05, 3.63) is 12.2 Å². The molecule has 2 atom stereocenters. The molecule has 0 aromatic heterocycles. The van der Waals surface area contributed by atoms with Crippen molar-refractivity contribution < 1.29 is 24.2 Å². The second-order valence-electron chi connectivity index (χ2n) is 13.3. The average molecular weight is 651 g/mol. The highest BCUT2D eigenvalue weighted by molar-refractivity contribution is 5.83. The topological polar surface area (TPSA) is 119 Å². The van der Waals surface area contributed by atoms with Gasteiger partial charge in [-0.2, -0.15) is 0 Å². The first-order chi connectivity index (χ1) is 22.4. The van der Waals surface area contributed by atoms with Crippen LogP contribution in [0.2, 0.25) is 0 Å². The number of nitrogens with one attached hydrogen (secondary N) is 1. The minimum absolute atomic E-state index is 0.0451. The van der Waals surface area contributed by atoms with Gasteiger partial charge in [-0.1, -0.05) is 122 Å². The number of hydrogen-bond acceptors (Lipinski definition) is 5. The lowest BCUT2D eigenvalue weighted by atomic mass is 10.0. The Balaban J connectivity index is 3.89. The first-order valence-electron chi connectivity index (χ1n) is 19.5. The number of rotatable bonds is 35. The van der Waals surface area contributed by atoms with Gasteiger partial charge >= 0.3 is 11.9 Å². The predicted octanol–water partition coefficient (Wildman–Crippen LogP) is 10.3. The minimum Gasteiger partial charge on any atom is -0.480 e. The van der Waals surface area contributed by atoms with Crippen molar-refractivity contribution in [3.8, 4) is 0 Å². The largest absolute Gasteiger partial charge is 0.480 e. The molecule has 0 aliphatic rings. The van der Waals surface area contributed by atoms with E-state index in [1.165, 1.54) is 96.3 Å². The summed E-state index contributed by atoms with van der Waals surface area (Å²) in [5.74, 6) is -1.32. The first kappa shape index (κ1) is 44.1. The number of esters is 1. The van der Waals surface area contributed by atoms with Gasteiger partial charge in [0.05, 0.1) is 0 Å². The molecular weight excluding hydrogens is 576 g/mol. The molecule has 0 aromatic carbocycles. The van der Waals surface area contributed by atoms with Crippen LogP contribution < -0.4 is 11.1 Å². The quantitative estimate of drug-likeness (QED) is 0.0357. The number of nitrogens with two attached hydrogens (primary N) is 1. The molecule has 0 aliphatic heterocycles. The maximum absolute atomic E-state index is 12.5. The van der Waals surface area contributed by atoms with Crippen LogP contribution in [0.5, 0.6) is 0 Å². The number of ether oxygens (including phenoxy) is 1. The normalized spacial score (nSPS) is 12.8. The Hall–Kier alpha value is -1.89. The number of carbonyl (C=O) groups is 3. The molecule has 0 aliphatic carbocycles. The molecule has 7 nitrogen and oxygen atoms in total. The van der Waals surface area contributed by atoms with Gasteiger partial charge in [0.2, 0.25) is 5.91 Å². The molecule has 7 heteroatoms. The zero-order valence-corrected chi connectivity index (χ0v) is 30.2. The van der Waals surface area contributed by atoms with Gasteiger partial charge in [0.15, 0.2) is 0 Å². The van der Waals surface area contributed by atoms with Crippen LogP contribution >= 0.6 is 0 Å². The molecule has 0 bridgehead atoms. The monoisotopic (exact) mass is 651 g/mol. The Morgan fingerprint density at radius 1 is 0.609 bits per heavy atom. The highest BCUT2D eigenvalue weighted by atomic mass is 16.5. The Kier molecular flexibility index (Phi) is 33.0. The molecule has 0 rings (SSSR count). The number of hydrogen-bond donors (Lipinski definition) is 3. The summed E-state index contributed by atoms with van der Waals surface area (Å²) in [6, 6.07) is -0.870. The van der Waals surface area contributed by atoms with Crippen LogP contribution in [0, 0.1) is 0 Å². The van der Waals surface area contributed by atoms with Crippen molar-refractivity contribution in [2.24, 2.45) is 5.73 Å². The lowest BCUT2D eigenvalue weighted by Gasteiger charge is -2.18. The first-order valence-corrected chi connectivity index (χ1v) is 19.5. The average Bonchev–Trinajstić information content (AvgIpc) is 3.03. The van der Waals surface area contributed by atoms with Crippen molar-refractivity contribution in [1.29, 1.82) is 0 Å². The van der Waals surface area contributed by atoms with Crippen LogP contribution in [0.1, 0.15) is 200 Å². The third kappa shape index (κ3) is 30.7. The summed E-state index contributed by atoms with van der Waals surface area (Å²) < 4.78 is 5.88. The standard InChI is InChI=1S/C39H74N2O5/c1-3-5-7-8-9-10-11-12-13-14-15-16-17-18-19-20-21-22-27-33-38(43)46-35(29-24-6-4-2)30-25-23-26-32-37(42)41-36(39(44)45)31-28-34-40/h12-13,35-36H,3-11,14-34,40H2,1-2H3,(H,41,42)(H,44,45)/b13-12-. The van der Waals surface area contributed by atoms with Gasteiger partial charge in [-0.05, 0) is 83.6 Å². The Bertz CT molecular complexity index is 742. The molecule has 2 unspecified atom stereocenters. The fourth-order valence-corrected chi connectivity index (χ4v) is 5.86. The van der Waals surface area contributed by atoms with E-state index in [-0.39, 0.29) is 18.0 Å². The predicted molar refractivity (Wildman–Crippen MR) is 193 cm³/mol. The highest BCUT2D eigenvalue weighted by Gasteiger charge is 2.19. The maximum atomic E-state index is 12.5. The van der Waals surface area contributed by atoms with E-state index in [4.69, 9.17) is 10.5 Å². The Morgan fingerprint density at radius 3 is 1.61 bits per heavy atom. The summed E-state index contributed by atoms with van der Waals surface area (Å²) in [5.41, 5.74) is 5.46. The molecule has 0 saturated heterocycles. The number of allylic oxidation sites excluding steroid dienone is 2. The van der Waals surface area contributed by atoms with Crippen molar-refractivity contribution in [3.63, 3.8) is 0 Å². The molecule has 0 radical (unpaired) electrons. The van der Waals surface area contributed by atoms with Gasteiger partial charge in [0.1, 0.15) is 12.1 Å². The van der Waals surface area contributed by atoms with E-state index in [9.17, 15) is 19.5 Å². The second kappa shape index (κ2) is 34.4. The molecule has 46 heavy (non-hydrogen) atoms. The molecular formula is C39H74N2O5. The van der Waals surface area contributed by atoms with E-state index >= 15 is 0 Å². The van der Waals surface area contributed by atoms with Gasteiger partial charge in [-0.25, -0.2) is 4.79 Å². The minimum atomic E-state index is -1.02. The molecule has 270 valence electrons. The number of carboxylic acid groups (broad SMARTS) is 1. The van der Waals surface area contributed by atoms with Crippen LogP contribution in [0.3, 0.4) is 0 Å². The molecule has 0 heterocycles. The summed E-state index contributed by atoms with van der Waals surface area (Å²) in [6.45, 7) is 4.85. The summed E-state index contributed by atoms with van der Waals surface area (Å²) in [6.07, 6.45) is 35.8.